The monoisotopic (exact) mass is 326 g/mol. The van der Waals surface area contributed by atoms with Crippen molar-refractivity contribution in [3.63, 3.8) is 0 Å². The number of azide groups is 1. The Morgan fingerprint density at radius 1 is 0.760 bits per heavy atom. The normalized spacial score (nSPS) is 10.4. The molecule has 0 saturated heterocycles. The van der Waals surface area contributed by atoms with Gasteiger partial charge in [-0.1, -0.05) is 65.8 Å². The van der Waals surface area contributed by atoms with E-state index in [9.17, 15) is 0 Å². The molecule has 0 radical (unpaired) electrons. The SMILES string of the molecule is [N-]=[N+]=NCC=Cc1ccc(N(c2ccccc2)c2ccccc2)cc1. The summed E-state index contributed by atoms with van der Waals surface area (Å²) in [4.78, 5) is 4.95. The zero-order chi connectivity index (χ0) is 17.3. The van der Waals surface area contributed by atoms with Gasteiger partial charge in [0.2, 0.25) is 0 Å². The van der Waals surface area contributed by atoms with E-state index in [1.165, 1.54) is 0 Å². The molecule has 0 heterocycles. The predicted molar refractivity (Wildman–Crippen MR) is 104 cm³/mol. The van der Waals surface area contributed by atoms with E-state index >= 15 is 0 Å². The van der Waals surface area contributed by atoms with Crippen LogP contribution in [-0.2, 0) is 0 Å². The fourth-order valence-electron chi connectivity index (χ4n) is 2.61. The van der Waals surface area contributed by atoms with Gasteiger partial charge < -0.3 is 4.90 Å². The molecule has 122 valence electrons. The molecular formula is C21H18N4. The fourth-order valence-corrected chi connectivity index (χ4v) is 2.61. The Kier molecular flexibility index (Phi) is 5.49. The topological polar surface area (TPSA) is 52.0 Å². The van der Waals surface area contributed by atoms with E-state index in [2.05, 4.69) is 63.5 Å². The molecule has 0 bridgehead atoms. The Hall–Kier alpha value is -3.49. The molecule has 0 aromatic heterocycles. The fraction of sp³-hybridized carbons (Fsp3) is 0.0476. The van der Waals surface area contributed by atoms with Crippen LogP contribution < -0.4 is 4.90 Å². The van der Waals surface area contributed by atoms with Crippen LogP contribution >= 0.6 is 0 Å². The highest BCUT2D eigenvalue weighted by Crippen LogP contribution is 2.34. The molecule has 0 spiro atoms. The predicted octanol–water partition coefficient (Wildman–Crippen LogP) is 6.48. The molecular weight excluding hydrogens is 308 g/mol. The van der Waals surface area contributed by atoms with Crippen molar-refractivity contribution in [2.45, 2.75) is 0 Å². The molecule has 0 unspecified atom stereocenters. The van der Waals surface area contributed by atoms with E-state index in [0.29, 0.717) is 6.54 Å². The van der Waals surface area contributed by atoms with Crippen molar-refractivity contribution in [2.24, 2.45) is 5.11 Å². The van der Waals surface area contributed by atoms with Gasteiger partial charge in [-0.25, -0.2) is 0 Å². The second-order valence-electron chi connectivity index (χ2n) is 5.41. The molecule has 0 atom stereocenters. The molecule has 4 nitrogen and oxygen atoms in total. The van der Waals surface area contributed by atoms with E-state index in [4.69, 9.17) is 5.53 Å². The first kappa shape index (κ1) is 16.4. The first-order valence-corrected chi connectivity index (χ1v) is 8.06. The van der Waals surface area contributed by atoms with Crippen LogP contribution in [0.1, 0.15) is 5.56 Å². The maximum atomic E-state index is 8.30. The Morgan fingerprint density at radius 3 is 1.80 bits per heavy atom. The quantitative estimate of drug-likeness (QED) is 0.290. The maximum absolute atomic E-state index is 8.30. The molecule has 0 N–H and O–H groups in total. The van der Waals surface area contributed by atoms with Gasteiger partial charge in [0, 0.05) is 28.5 Å². The molecule has 3 rings (SSSR count). The molecule has 3 aromatic rings. The third kappa shape index (κ3) is 4.28. The summed E-state index contributed by atoms with van der Waals surface area (Å²) in [6.07, 6.45) is 3.80. The van der Waals surface area contributed by atoms with Crippen LogP contribution in [0.3, 0.4) is 0 Å². The summed E-state index contributed by atoms with van der Waals surface area (Å²) in [6.45, 7) is 0.360. The highest BCUT2D eigenvalue weighted by Gasteiger charge is 2.10. The second-order valence-corrected chi connectivity index (χ2v) is 5.41. The zero-order valence-electron chi connectivity index (χ0n) is 13.7. The van der Waals surface area contributed by atoms with E-state index in [-0.39, 0.29) is 0 Å². The van der Waals surface area contributed by atoms with Crippen LogP contribution in [0.25, 0.3) is 16.5 Å². The van der Waals surface area contributed by atoms with Crippen molar-refractivity contribution >= 4 is 23.1 Å². The lowest BCUT2D eigenvalue weighted by molar-refractivity contribution is 1.22. The van der Waals surface area contributed by atoms with Gasteiger partial charge in [0.25, 0.3) is 0 Å². The van der Waals surface area contributed by atoms with Gasteiger partial charge in [-0.3, -0.25) is 0 Å². The van der Waals surface area contributed by atoms with Crippen molar-refractivity contribution in [1.82, 2.24) is 0 Å². The highest BCUT2D eigenvalue weighted by atomic mass is 15.1. The molecule has 0 saturated carbocycles. The average Bonchev–Trinajstić information content (AvgIpc) is 2.68. The van der Waals surface area contributed by atoms with Gasteiger partial charge in [0.1, 0.15) is 0 Å². The molecule has 0 aliphatic heterocycles. The van der Waals surface area contributed by atoms with Gasteiger partial charge in [0.15, 0.2) is 0 Å². The van der Waals surface area contributed by atoms with E-state index in [1.54, 1.807) is 0 Å². The zero-order valence-corrected chi connectivity index (χ0v) is 13.7. The smallest absolute Gasteiger partial charge is 0.0462 e. The lowest BCUT2D eigenvalue weighted by Gasteiger charge is -2.25. The van der Waals surface area contributed by atoms with E-state index in [1.807, 2.05) is 48.6 Å². The molecule has 0 aliphatic rings. The summed E-state index contributed by atoms with van der Waals surface area (Å²) in [5, 5.41) is 3.50. The number of anilines is 3. The van der Waals surface area contributed by atoms with E-state index in [0.717, 1.165) is 22.6 Å². The van der Waals surface area contributed by atoms with Crippen molar-refractivity contribution in [3.8, 4) is 0 Å². The Labute approximate surface area is 147 Å². The Morgan fingerprint density at radius 2 is 1.28 bits per heavy atom. The van der Waals surface area contributed by atoms with Gasteiger partial charge in [-0.2, -0.15) is 0 Å². The lowest BCUT2D eigenvalue weighted by Crippen LogP contribution is -2.09. The molecule has 0 fully saturated rings. The number of rotatable bonds is 6. The number of benzene rings is 3. The van der Waals surface area contributed by atoms with Crippen LogP contribution in [-0.4, -0.2) is 6.54 Å². The highest BCUT2D eigenvalue weighted by molar-refractivity contribution is 5.76. The largest absolute Gasteiger partial charge is 0.311 e. The third-order valence-corrected chi connectivity index (χ3v) is 3.74. The third-order valence-electron chi connectivity index (χ3n) is 3.74. The molecule has 0 amide bonds. The number of para-hydroxylation sites is 2. The molecule has 25 heavy (non-hydrogen) atoms. The number of nitrogens with zero attached hydrogens (tertiary/aromatic N) is 4. The second kappa shape index (κ2) is 8.39. The molecule has 0 aliphatic carbocycles. The van der Waals surface area contributed by atoms with Gasteiger partial charge in [-0.05, 0) is 47.5 Å². The van der Waals surface area contributed by atoms with Gasteiger partial charge >= 0.3 is 0 Å². The van der Waals surface area contributed by atoms with Gasteiger partial charge in [0.05, 0.1) is 0 Å². The van der Waals surface area contributed by atoms with Crippen LogP contribution in [0.4, 0.5) is 17.1 Å². The average molecular weight is 326 g/mol. The van der Waals surface area contributed by atoms with Crippen molar-refractivity contribution in [3.05, 3.63) is 107 Å². The summed E-state index contributed by atoms with van der Waals surface area (Å²) in [5.74, 6) is 0. The van der Waals surface area contributed by atoms with Gasteiger partial charge in [-0.15, -0.1) is 0 Å². The summed E-state index contributed by atoms with van der Waals surface area (Å²) in [6, 6.07) is 28.9. The van der Waals surface area contributed by atoms with Crippen molar-refractivity contribution in [2.75, 3.05) is 11.4 Å². The van der Waals surface area contributed by atoms with Crippen LogP contribution in [0, 0.1) is 0 Å². The Balaban J connectivity index is 1.92. The first-order chi connectivity index (χ1) is 12.4. The summed E-state index contributed by atoms with van der Waals surface area (Å²) < 4.78 is 0. The maximum Gasteiger partial charge on any atom is 0.0462 e. The minimum atomic E-state index is 0.360. The van der Waals surface area contributed by atoms with Crippen molar-refractivity contribution < 1.29 is 0 Å². The number of hydrogen-bond donors (Lipinski definition) is 0. The van der Waals surface area contributed by atoms with Crippen LogP contribution in [0.2, 0.25) is 0 Å². The first-order valence-electron chi connectivity index (χ1n) is 8.06. The summed E-state index contributed by atoms with van der Waals surface area (Å²) in [5.41, 5.74) is 12.7. The lowest BCUT2D eigenvalue weighted by atomic mass is 10.1. The standard InChI is InChI=1S/C21H18N4/c22-24-23-17-7-8-18-13-15-21(16-14-18)25(19-9-3-1-4-10-19)20-11-5-2-6-12-20/h1-16H,17H2. The van der Waals surface area contributed by atoms with Crippen molar-refractivity contribution in [1.29, 1.82) is 0 Å². The molecule has 4 heteroatoms. The molecule has 3 aromatic carbocycles. The minimum Gasteiger partial charge on any atom is -0.311 e. The summed E-state index contributed by atoms with van der Waals surface area (Å²) in [7, 11) is 0. The number of hydrogen-bond acceptors (Lipinski definition) is 2. The van der Waals surface area contributed by atoms with Crippen LogP contribution in [0.5, 0.6) is 0 Å². The van der Waals surface area contributed by atoms with Crippen LogP contribution in [0.15, 0.2) is 96.1 Å². The van der Waals surface area contributed by atoms with E-state index < -0.39 is 0 Å². The summed E-state index contributed by atoms with van der Waals surface area (Å²) >= 11 is 0. The Bertz CT molecular complexity index is 825. The minimum absolute atomic E-state index is 0.360.